The molecule has 0 aromatic heterocycles. The van der Waals surface area contributed by atoms with E-state index in [-0.39, 0.29) is 18.0 Å². The largest absolute Gasteiger partial charge is 0.496 e. The zero-order valence-corrected chi connectivity index (χ0v) is 11.5. The van der Waals surface area contributed by atoms with Gasteiger partial charge >= 0.3 is 0 Å². The van der Waals surface area contributed by atoms with Gasteiger partial charge in [-0.25, -0.2) is 4.39 Å². The molecule has 0 fully saturated rings. The summed E-state index contributed by atoms with van der Waals surface area (Å²) in [6, 6.07) is 4.66. The van der Waals surface area contributed by atoms with Crippen LogP contribution in [0.15, 0.2) is 18.2 Å². The predicted molar refractivity (Wildman–Crippen MR) is 70.5 cm³/mol. The third-order valence-electron chi connectivity index (χ3n) is 3.18. The number of rotatable bonds is 7. The van der Waals surface area contributed by atoms with Gasteiger partial charge in [-0.2, -0.15) is 0 Å². The maximum absolute atomic E-state index is 13.3. The molecule has 1 aromatic carbocycles. The molecule has 3 nitrogen and oxygen atoms in total. The Morgan fingerprint density at radius 3 is 2.56 bits per heavy atom. The predicted octanol–water partition coefficient (Wildman–Crippen LogP) is 2.91. The van der Waals surface area contributed by atoms with E-state index in [9.17, 15) is 4.39 Å². The summed E-state index contributed by atoms with van der Waals surface area (Å²) in [6.07, 6.45) is 1.97. The number of ether oxygens (including phenoxy) is 2. The average Bonchev–Trinajstić information content (AvgIpc) is 2.39. The van der Waals surface area contributed by atoms with Gasteiger partial charge in [0.1, 0.15) is 11.6 Å². The highest BCUT2D eigenvalue weighted by molar-refractivity contribution is 5.36. The van der Waals surface area contributed by atoms with Crippen molar-refractivity contribution in [3.63, 3.8) is 0 Å². The molecular formula is C14H22FNO2. The third kappa shape index (κ3) is 3.96. The lowest BCUT2D eigenvalue weighted by Crippen LogP contribution is -2.19. The van der Waals surface area contributed by atoms with Crippen LogP contribution in [-0.2, 0) is 4.74 Å². The molecule has 2 unspecified atom stereocenters. The molecule has 2 atom stereocenters. The fraction of sp³-hybridized carbons (Fsp3) is 0.571. The maximum Gasteiger partial charge on any atom is 0.123 e. The Bertz CT molecular complexity index is 371. The first-order valence-electron chi connectivity index (χ1n) is 6.15. The SMILES string of the molecule is CNC(CCC(C)OC)c1cc(F)ccc1OC. The standard InChI is InChI=1S/C14H22FNO2/c1-10(17-3)5-7-13(16-2)12-9-11(15)6-8-14(12)18-4/h6,8-10,13,16H,5,7H2,1-4H3. The number of hydrogen-bond donors (Lipinski definition) is 1. The molecule has 0 aliphatic carbocycles. The Labute approximate surface area is 108 Å². The van der Waals surface area contributed by atoms with Gasteiger partial charge < -0.3 is 14.8 Å². The summed E-state index contributed by atoms with van der Waals surface area (Å²) in [6.45, 7) is 2.02. The molecule has 0 saturated heterocycles. The quantitative estimate of drug-likeness (QED) is 0.812. The summed E-state index contributed by atoms with van der Waals surface area (Å²) >= 11 is 0. The number of halogens is 1. The van der Waals surface area contributed by atoms with Crippen molar-refractivity contribution >= 4 is 0 Å². The second kappa shape index (κ2) is 7.34. The Kier molecular flexibility index (Phi) is 6.09. The van der Waals surface area contributed by atoms with Crippen LogP contribution in [0.25, 0.3) is 0 Å². The van der Waals surface area contributed by atoms with E-state index in [2.05, 4.69) is 5.32 Å². The van der Waals surface area contributed by atoms with Crippen molar-refractivity contribution in [2.45, 2.75) is 31.9 Å². The van der Waals surface area contributed by atoms with Crippen molar-refractivity contribution in [1.29, 1.82) is 0 Å². The van der Waals surface area contributed by atoms with Crippen LogP contribution >= 0.6 is 0 Å². The molecule has 0 heterocycles. The number of nitrogens with one attached hydrogen (secondary N) is 1. The molecule has 18 heavy (non-hydrogen) atoms. The lowest BCUT2D eigenvalue weighted by Gasteiger charge is -2.21. The van der Waals surface area contributed by atoms with Gasteiger partial charge in [0.25, 0.3) is 0 Å². The fourth-order valence-electron chi connectivity index (χ4n) is 1.95. The second-order valence-electron chi connectivity index (χ2n) is 4.35. The molecule has 0 amide bonds. The third-order valence-corrected chi connectivity index (χ3v) is 3.18. The molecule has 0 aliphatic rings. The van der Waals surface area contributed by atoms with Gasteiger partial charge in [0, 0.05) is 18.7 Å². The van der Waals surface area contributed by atoms with Crippen LogP contribution in [0.1, 0.15) is 31.4 Å². The molecule has 1 N–H and O–H groups in total. The van der Waals surface area contributed by atoms with E-state index in [0.717, 1.165) is 18.4 Å². The lowest BCUT2D eigenvalue weighted by atomic mass is 9.99. The van der Waals surface area contributed by atoms with E-state index in [1.165, 1.54) is 12.1 Å². The van der Waals surface area contributed by atoms with Crippen LogP contribution in [-0.4, -0.2) is 27.4 Å². The van der Waals surface area contributed by atoms with E-state index >= 15 is 0 Å². The van der Waals surface area contributed by atoms with Gasteiger partial charge in [0.05, 0.1) is 13.2 Å². The van der Waals surface area contributed by atoms with Crippen LogP contribution in [0, 0.1) is 5.82 Å². The molecule has 4 heteroatoms. The van der Waals surface area contributed by atoms with Crippen molar-refractivity contribution in [1.82, 2.24) is 5.32 Å². The summed E-state index contributed by atoms with van der Waals surface area (Å²) in [7, 11) is 5.16. The van der Waals surface area contributed by atoms with Crippen LogP contribution in [0.4, 0.5) is 4.39 Å². The molecule has 0 radical (unpaired) electrons. The minimum absolute atomic E-state index is 0.0632. The number of hydrogen-bond acceptors (Lipinski definition) is 3. The van der Waals surface area contributed by atoms with E-state index in [0.29, 0.717) is 5.75 Å². The number of benzene rings is 1. The lowest BCUT2D eigenvalue weighted by molar-refractivity contribution is 0.106. The molecule has 0 spiro atoms. The van der Waals surface area contributed by atoms with E-state index in [1.807, 2.05) is 14.0 Å². The summed E-state index contributed by atoms with van der Waals surface area (Å²) in [4.78, 5) is 0. The first-order chi connectivity index (χ1) is 8.62. The van der Waals surface area contributed by atoms with Crippen molar-refractivity contribution in [2.75, 3.05) is 21.3 Å². The van der Waals surface area contributed by atoms with Gasteiger partial charge in [-0.15, -0.1) is 0 Å². The summed E-state index contributed by atoms with van der Waals surface area (Å²) in [5.74, 6) is 0.464. The monoisotopic (exact) mass is 255 g/mol. The van der Waals surface area contributed by atoms with Gasteiger partial charge in [-0.05, 0) is 45.0 Å². The molecule has 0 aliphatic heterocycles. The zero-order chi connectivity index (χ0) is 13.5. The fourth-order valence-corrected chi connectivity index (χ4v) is 1.95. The normalized spacial score (nSPS) is 14.3. The summed E-state index contributed by atoms with van der Waals surface area (Å²) in [5, 5.41) is 3.20. The Balaban J connectivity index is 2.83. The highest BCUT2D eigenvalue weighted by Crippen LogP contribution is 2.29. The first-order valence-corrected chi connectivity index (χ1v) is 6.15. The molecule has 1 rings (SSSR count). The van der Waals surface area contributed by atoms with Gasteiger partial charge in [0.2, 0.25) is 0 Å². The van der Waals surface area contributed by atoms with Gasteiger partial charge in [0.15, 0.2) is 0 Å². The van der Waals surface area contributed by atoms with Crippen LogP contribution in [0.3, 0.4) is 0 Å². The highest BCUT2D eigenvalue weighted by Gasteiger charge is 2.16. The van der Waals surface area contributed by atoms with Crippen LogP contribution < -0.4 is 10.1 Å². The summed E-state index contributed by atoms with van der Waals surface area (Å²) in [5.41, 5.74) is 0.850. The second-order valence-corrected chi connectivity index (χ2v) is 4.35. The molecule has 1 aromatic rings. The maximum atomic E-state index is 13.3. The minimum Gasteiger partial charge on any atom is -0.496 e. The summed E-state index contributed by atoms with van der Waals surface area (Å²) < 4.78 is 23.8. The topological polar surface area (TPSA) is 30.5 Å². The first kappa shape index (κ1) is 14.9. The Morgan fingerprint density at radius 2 is 2.00 bits per heavy atom. The highest BCUT2D eigenvalue weighted by atomic mass is 19.1. The van der Waals surface area contributed by atoms with Crippen LogP contribution in [0.5, 0.6) is 5.75 Å². The van der Waals surface area contributed by atoms with E-state index in [4.69, 9.17) is 9.47 Å². The molecular weight excluding hydrogens is 233 g/mol. The minimum atomic E-state index is -0.245. The Hall–Kier alpha value is -1.13. The van der Waals surface area contributed by atoms with Crippen molar-refractivity contribution < 1.29 is 13.9 Å². The van der Waals surface area contributed by atoms with Crippen LogP contribution in [0.2, 0.25) is 0 Å². The Morgan fingerprint density at radius 1 is 1.28 bits per heavy atom. The van der Waals surface area contributed by atoms with E-state index in [1.54, 1.807) is 20.3 Å². The van der Waals surface area contributed by atoms with Crippen molar-refractivity contribution in [3.8, 4) is 5.75 Å². The van der Waals surface area contributed by atoms with Gasteiger partial charge in [-0.1, -0.05) is 0 Å². The molecule has 0 bridgehead atoms. The van der Waals surface area contributed by atoms with Gasteiger partial charge in [-0.3, -0.25) is 0 Å². The van der Waals surface area contributed by atoms with E-state index < -0.39 is 0 Å². The van der Waals surface area contributed by atoms with Crippen molar-refractivity contribution in [3.05, 3.63) is 29.6 Å². The zero-order valence-electron chi connectivity index (χ0n) is 11.5. The molecule has 0 saturated carbocycles. The number of methoxy groups -OCH3 is 2. The average molecular weight is 255 g/mol. The molecule has 102 valence electrons. The van der Waals surface area contributed by atoms with Crippen molar-refractivity contribution in [2.24, 2.45) is 0 Å². The smallest absolute Gasteiger partial charge is 0.123 e.